The second kappa shape index (κ2) is 7.67. The lowest BCUT2D eigenvalue weighted by Crippen LogP contribution is -2.22. The number of benzene rings is 1. The molecule has 0 spiro atoms. The van der Waals surface area contributed by atoms with Gasteiger partial charge in [0.2, 0.25) is 0 Å². The molecule has 96 valence electrons. The van der Waals surface area contributed by atoms with E-state index in [4.69, 9.17) is 4.74 Å². The molecule has 0 saturated carbocycles. The predicted octanol–water partition coefficient (Wildman–Crippen LogP) is 3.60. The van der Waals surface area contributed by atoms with Gasteiger partial charge in [-0.15, -0.1) is 0 Å². The quantitative estimate of drug-likeness (QED) is 0.777. The summed E-state index contributed by atoms with van der Waals surface area (Å²) in [5, 5.41) is 3.34. The highest BCUT2D eigenvalue weighted by atomic mass is 79.9. The van der Waals surface area contributed by atoms with Gasteiger partial charge in [-0.2, -0.15) is 0 Å². The van der Waals surface area contributed by atoms with Crippen LogP contribution in [-0.2, 0) is 0 Å². The Hall–Kier alpha value is -0.610. The Morgan fingerprint density at radius 3 is 2.82 bits per heavy atom. The van der Waals surface area contributed by atoms with Gasteiger partial charge in [-0.3, -0.25) is 0 Å². The van der Waals surface area contributed by atoms with Crippen molar-refractivity contribution in [1.29, 1.82) is 0 Å². The van der Waals surface area contributed by atoms with Gasteiger partial charge < -0.3 is 10.1 Å². The normalized spacial score (nSPS) is 10.9. The number of halogens is 2. The first-order valence-electron chi connectivity index (χ1n) is 5.88. The fraction of sp³-hybridized carbons (Fsp3) is 0.538. The molecule has 0 aromatic heterocycles. The Morgan fingerprint density at radius 2 is 2.18 bits per heavy atom. The smallest absolute Gasteiger partial charge is 0.137 e. The number of hydrogen-bond donors (Lipinski definition) is 1. The van der Waals surface area contributed by atoms with E-state index in [0.717, 1.165) is 19.5 Å². The standard InChI is InChI=1S/C13H19BrFNO/c1-10(2)9-16-6-3-7-17-11-4-5-13(15)12(14)8-11/h4-5,8,10,16H,3,6-7,9H2,1-2H3. The molecule has 0 aliphatic rings. The van der Waals surface area contributed by atoms with Crippen molar-refractivity contribution < 1.29 is 9.13 Å². The van der Waals surface area contributed by atoms with Gasteiger partial charge in [0.1, 0.15) is 11.6 Å². The molecule has 0 fully saturated rings. The van der Waals surface area contributed by atoms with Crippen molar-refractivity contribution >= 4 is 15.9 Å². The van der Waals surface area contributed by atoms with Crippen LogP contribution in [0.1, 0.15) is 20.3 Å². The highest BCUT2D eigenvalue weighted by molar-refractivity contribution is 9.10. The number of ether oxygens (including phenoxy) is 1. The number of nitrogens with one attached hydrogen (secondary N) is 1. The number of hydrogen-bond acceptors (Lipinski definition) is 2. The molecule has 0 aliphatic carbocycles. The molecule has 17 heavy (non-hydrogen) atoms. The topological polar surface area (TPSA) is 21.3 Å². The lowest BCUT2D eigenvalue weighted by atomic mass is 10.2. The van der Waals surface area contributed by atoms with E-state index in [2.05, 4.69) is 35.1 Å². The summed E-state index contributed by atoms with van der Waals surface area (Å²) < 4.78 is 18.9. The highest BCUT2D eigenvalue weighted by Gasteiger charge is 2.00. The minimum Gasteiger partial charge on any atom is -0.494 e. The zero-order chi connectivity index (χ0) is 12.7. The van der Waals surface area contributed by atoms with E-state index in [0.29, 0.717) is 22.7 Å². The maximum atomic E-state index is 13.0. The molecule has 0 heterocycles. The molecule has 0 bridgehead atoms. The molecule has 0 amide bonds. The maximum absolute atomic E-state index is 13.0. The van der Waals surface area contributed by atoms with E-state index >= 15 is 0 Å². The molecule has 1 aromatic rings. The summed E-state index contributed by atoms with van der Waals surface area (Å²) in [6.45, 7) is 6.98. The SMILES string of the molecule is CC(C)CNCCCOc1ccc(F)c(Br)c1. The summed E-state index contributed by atoms with van der Waals surface area (Å²) in [6, 6.07) is 4.69. The third kappa shape index (κ3) is 6.03. The van der Waals surface area contributed by atoms with Crippen molar-refractivity contribution in [3.63, 3.8) is 0 Å². The van der Waals surface area contributed by atoms with E-state index in [1.807, 2.05) is 0 Å². The molecular weight excluding hydrogens is 285 g/mol. The van der Waals surface area contributed by atoms with E-state index < -0.39 is 0 Å². The minimum atomic E-state index is -0.268. The second-order valence-corrected chi connectivity index (χ2v) is 5.23. The second-order valence-electron chi connectivity index (χ2n) is 4.38. The van der Waals surface area contributed by atoms with Crippen LogP contribution in [-0.4, -0.2) is 19.7 Å². The van der Waals surface area contributed by atoms with Crippen LogP contribution in [0.25, 0.3) is 0 Å². The molecule has 4 heteroatoms. The summed E-state index contributed by atoms with van der Waals surface area (Å²) >= 11 is 3.13. The van der Waals surface area contributed by atoms with E-state index in [1.54, 1.807) is 12.1 Å². The van der Waals surface area contributed by atoms with E-state index in [9.17, 15) is 4.39 Å². The molecule has 1 N–H and O–H groups in total. The average molecular weight is 304 g/mol. The third-order valence-electron chi connectivity index (χ3n) is 2.21. The molecule has 0 saturated heterocycles. The monoisotopic (exact) mass is 303 g/mol. The summed E-state index contributed by atoms with van der Waals surface area (Å²) in [6.07, 6.45) is 0.946. The van der Waals surface area contributed by atoms with Crippen molar-refractivity contribution in [1.82, 2.24) is 5.32 Å². The molecule has 1 aromatic carbocycles. The Balaban J connectivity index is 2.16. The largest absolute Gasteiger partial charge is 0.494 e. The lowest BCUT2D eigenvalue weighted by Gasteiger charge is -2.09. The highest BCUT2D eigenvalue weighted by Crippen LogP contribution is 2.21. The van der Waals surface area contributed by atoms with Gasteiger partial charge in [0.15, 0.2) is 0 Å². The molecule has 0 unspecified atom stereocenters. The van der Waals surface area contributed by atoms with Gasteiger partial charge in [0.25, 0.3) is 0 Å². The average Bonchev–Trinajstić information content (AvgIpc) is 2.27. The van der Waals surface area contributed by atoms with Crippen molar-refractivity contribution in [2.24, 2.45) is 5.92 Å². The van der Waals surface area contributed by atoms with Gasteiger partial charge >= 0.3 is 0 Å². The zero-order valence-corrected chi connectivity index (χ0v) is 11.9. The van der Waals surface area contributed by atoms with Crippen molar-refractivity contribution in [2.45, 2.75) is 20.3 Å². The first-order valence-corrected chi connectivity index (χ1v) is 6.67. The van der Waals surface area contributed by atoms with Gasteiger partial charge in [0, 0.05) is 0 Å². The zero-order valence-electron chi connectivity index (χ0n) is 10.3. The Kier molecular flexibility index (Phi) is 6.52. The van der Waals surface area contributed by atoms with Crippen molar-refractivity contribution in [3.8, 4) is 5.75 Å². The van der Waals surface area contributed by atoms with Crippen molar-refractivity contribution in [2.75, 3.05) is 19.7 Å². The summed E-state index contributed by atoms with van der Waals surface area (Å²) in [5.41, 5.74) is 0. The molecule has 2 nitrogen and oxygen atoms in total. The van der Waals surface area contributed by atoms with E-state index in [-0.39, 0.29) is 5.82 Å². The van der Waals surface area contributed by atoms with Gasteiger partial charge in [-0.1, -0.05) is 13.8 Å². The summed E-state index contributed by atoms with van der Waals surface area (Å²) in [5.74, 6) is 1.10. The van der Waals surface area contributed by atoms with Crippen LogP contribution in [0.4, 0.5) is 4.39 Å². The fourth-order valence-electron chi connectivity index (χ4n) is 1.34. The minimum absolute atomic E-state index is 0.268. The lowest BCUT2D eigenvalue weighted by molar-refractivity contribution is 0.306. The van der Waals surface area contributed by atoms with Crippen LogP contribution in [0.15, 0.2) is 22.7 Å². The molecule has 0 radical (unpaired) electrons. The number of rotatable bonds is 7. The van der Waals surface area contributed by atoms with E-state index in [1.165, 1.54) is 6.07 Å². The Bertz CT molecular complexity index is 344. The molecule has 0 aliphatic heterocycles. The van der Waals surface area contributed by atoms with Crippen LogP contribution in [0.2, 0.25) is 0 Å². The van der Waals surface area contributed by atoms with Gasteiger partial charge in [-0.05, 0) is 59.6 Å². The molecule has 0 atom stereocenters. The fourth-order valence-corrected chi connectivity index (χ4v) is 1.70. The van der Waals surface area contributed by atoms with Crippen LogP contribution in [0.5, 0.6) is 5.75 Å². The van der Waals surface area contributed by atoms with Crippen molar-refractivity contribution in [3.05, 3.63) is 28.5 Å². The maximum Gasteiger partial charge on any atom is 0.137 e. The van der Waals surface area contributed by atoms with Crippen LogP contribution in [0.3, 0.4) is 0 Å². The summed E-state index contributed by atoms with van der Waals surface area (Å²) in [7, 11) is 0. The third-order valence-corrected chi connectivity index (χ3v) is 2.82. The first-order chi connectivity index (χ1) is 8.09. The molecular formula is C13H19BrFNO. The van der Waals surface area contributed by atoms with Crippen LogP contribution >= 0.6 is 15.9 Å². The van der Waals surface area contributed by atoms with Crippen LogP contribution < -0.4 is 10.1 Å². The Labute approximate surface area is 111 Å². The molecule has 1 rings (SSSR count). The predicted molar refractivity (Wildman–Crippen MR) is 71.9 cm³/mol. The Morgan fingerprint density at radius 1 is 1.41 bits per heavy atom. The van der Waals surface area contributed by atoms with Gasteiger partial charge in [-0.25, -0.2) is 4.39 Å². The van der Waals surface area contributed by atoms with Crippen LogP contribution in [0, 0.1) is 11.7 Å². The first kappa shape index (κ1) is 14.5. The summed E-state index contributed by atoms with van der Waals surface area (Å²) in [4.78, 5) is 0. The van der Waals surface area contributed by atoms with Gasteiger partial charge in [0.05, 0.1) is 11.1 Å².